The number of nitrogens with one attached hydrogen (secondary N) is 1. The topological polar surface area (TPSA) is 86.0 Å². The number of aromatic nitrogens is 4. The fourth-order valence-corrected chi connectivity index (χ4v) is 3.15. The molecule has 114 valence electrons. The van der Waals surface area contributed by atoms with Gasteiger partial charge in [-0.2, -0.15) is 9.36 Å². The van der Waals surface area contributed by atoms with E-state index in [1.165, 1.54) is 11.5 Å². The van der Waals surface area contributed by atoms with Gasteiger partial charge in [-0.1, -0.05) is 12.1 Å². The summed E-state index contributed by atoms with van der Waals surface area (Å²) in [5.74, 6) is 2.52. The van der Waals surface area contributed by atoms with Gasteiger partial charge in [0.1, 0.15) is 11.9 Å². The summed E-state index contributed by atoms with van der Waals surface area (Å²) in [6, 6.07) is -0.0345. The third-order valence-corrected chi connectivity index (χ3v) is 4.29. The first-order chi connectivity index (χ1) is 10.3. The second-order valence-electron chi connectivity index (χ2n) is 5.12. The standard InChI is InChI=1S/C13H19N5O2S/c1-3-10-15-13(21-18-10)16-11(9-4-6-19-7-5-9)12-14-8(2)17-20-12/h9,11H,3-7H2,1-2H3,(H,15,16,18). The highest BCUT2D eigenvalue weighted by molar-refractivity contribution is 7.09. The van der Waals surface area contributed by atoms with E-state index in [4.69, 9.17) is 9.26 Å². The number of hydrogen-bond acceptors (Lipinski definition) is 8. The molecule has 0 radical (unpaired) electrons. The number of anilines is 1. The zero-order chi connectivity index (χ0) is 14.7. The second kappa shape index (κ2) is 6.48. The van der Waals surface area contributed by atoms with E-state index in [0.717, 1.165) is 43.4 Å². The molecule has 21 heavy (non-hydrogen) atoms. The van der Waals surface area contributed by atoms with Crippen LogP contribution in [0.25, 0.3) is 0 Å². The van der Waals surface area contributed by atoms with Gasteiger partial charge in [0.05, 0.1) is 0 Å². The highest BCUT2D eigenvalue weighted by Gasteiger charge is 2.30. The third kappa shape index (κ3) is 3.38. The average Bonchev–Trinajstić information content (AvgIpc) is 3.14. The van der Waals surface area contributed by atoms with Crippen molar-refractivity contribution < 1.29 is 9.26 Å². The number of nitrogens with zero attached hydrogens (tertiary/aromatic N) is 4. The molecule has 1 saturated heterocycles. The molecule has 0 amide bonds. The number of rotatable bonds is 5. The number of ether oxygens (including phenoxy) is 1. The van der Waals surface area contributed by atoms with Gasteiger partial charge < -0.3 is 14.6 Å². The van der Waals surface area contributed by atoms with Crippen molar-refractivity contribution in [2.75, 3.05) is 18.5 Å². The Labute approximate surface area is 127 Å². The predicted molar refractivity (Wildman–Crippen MR) is 78.2 cm³/mol. The smallest absolute Gasteiger partial charge is 0.249 e. The monoisotopic (exact) mass is 309 g/mol. The Morgan fingerprint density at radius 3 is 2.76 bits per heavy atom. The lowest BCUT2D eigenvalue weighted by Crippen LogP contribution is -2.27. The molecule has 2 aromatic rings. The summed E-state index contributed by atoms with van der Waals surface area (Å²) in [6.45, 7) is 5.41. The van der Waals surface area contributed by atoms with Gasteiger partial charge in [0.2, 0.25) is 11.0 Å². The van der Waals surface area contributed by atoms with E-state index in [-0.39, 0.29) is 6.04 Å². The number of hydrogen-bond donors (Lipinski definition) is 1. The summed E-state index contributed by atoms with van der Waals surface area (Å²) in [5.41, 5.74) is 0. The average molecular weight is 309 g/mol. The molecule has 2 aromatic heterocycles. The largest absolute Gasteiger partial charge is 0.381 e. The van der Waals surface area contributed by atoms with Crippen molar-refractivity contribution >= 4 is 16.7 Å². The van der Waals surface area contributed by atoms with Crippen LogP contribution in [0.1, 0.15) is 43.3 Å². The van der Waals surface area contributed by atoms with Crippen molar-refractivity contribution in [1.82, 2.24) is 19.5 Å². The zero-order valence-corrected chi connectivity index (χ0v) is 13.0. The van der Waals surface area contributed by atoms with Crippen LogP contribution in [0.5, 0.6) is 0 Å². The molecule has 0 spiro atoms. The van der Waals surface area contributed by atoms with E-state index in [1.54, 1.807) is 0 Å². The van der Waals surface area contributed by atoms with Crippen LogP contribution < -0.4 is 5.32 Å². The summed E-state index contributed by atoms with van der Waals surface area (Å²) < 4.78 is 15.1. The Hall–Kier alpha value is -1.54. The van der Waals surface area contributed by atoms with Gasteiger partial charge in [-0.05, 0) is 25.7 Å². The van der Waals surface area contributed by atoms with Crippen molar-refractivity contribution in [3.05, 3.63) is 17.5 Å². The maximum absolute atomic E-state index is 5.44. The maximum Gasteiger partial charge on any atom is 0.249 e. The molecular weight excluding hydrogens is 290 g/mol. The molecule has 0 aliphatic carbocycles. The lowest BCUT2D eigenvalue weighted by molar-refractivity contribution is 0.0571. The second-order valence-corrected chi connectivity index (χ2v) is 5.87. The first-order valence-electron chi connectivity index (χ1n) is 7.23. The van der Waals surface area contributed by atoms with Crippen LogP contribution in [0.2, 0.25) is 0 Å². The summed E-state index contributed by atoms with van der Waals surface area (Å²) in [5, 5.41) is 8.14. The van der Waals surface area contributed by atoms with Gasteiger partial charge in [-0.3, -0.25) is 0 Å². The van der Waals surface area contributed by atoms with Gasteiger partial charge in [0.25, 0.3) is 0 Å². The Morgan fingerprint density at radius 2 is 2.14 bits per heavy atom. The van der Waals surface area contributed by atoms with E-state index in [9.17, 15) is 0 Å². The Kier molecular flexibility index (Phi) is 4.45. The molecule has 0 aromatic carbocycles. The van der Waals surface area contributed by atoms with E-state index < -0.39 is 0 Å². The quantitative estimate of drug-likeness (QED) is 0.907. The Morgan fingerprint density at radius 1 is 1.33 bits per heavy atom. The van der Waals surface area contributed by atoms with Gasteiger partial charge in [-0.15, -0.1) is 0 Å². The molecule has 8 heteroatoms. The van der Waals surface area contributed by atoms with Gasteiger partial charge >= 0.3 is 0 Å². The lowest BCUT2D eigenvalue weighted by Gasteiger charge is -2.28. The summed E-state index contributed by atoms with van der Waals surface area (Å²) >= 11 is 1.37. The highest BCUT2D eigenvalue weighted by atomic mass is 32.1. The SMILES string of the molecule is CCc1nsc(NC(c2nc(C)no2)C2CCOCC2)n1. The predicted octanol–water partition coefficient (Wildman–Crippen LogP) is 2.37. The first-order valence-corrected chi connectivity index (χ1v) is 8.00. The number of aryl methyl sites for hydroxylation is 2. The maximum atomic E-state index is 5.44. The van der Waals surface area contributed by atoms with Gasteiger partial charge in [0, 0.05) is 31.2 Å². The Balaban J connectivity index is 1.80. The minimum absolute atomic E-state index is 0.0345. The summed E-state index contributed by atoms with van der Waals surface area (Å²) in [7, 11) is 0. The summed E-state index contributed by atoms with van der Waals surface area (Å²) in [4.78, 5) is 8.86. The molecule has 1 aliphatic rings. The van der Waals surface area contributed by atoms with Crippen LogP contribution >= 0.6 is 11.5 Å². The molecule has 0 bridgehead atoms. The zero-order valence-electron chi connectivity index (χ0n) is 12.2. The minimum Gasteiger partial charge on any atom is -0.381 e. The molecule has 3 rings (SSSR count). The highest BCUT2D eigenvalue weighted by Crippen LogP contribution is 2.32. The molecule has 1 N–H and O–H groups in total. The van der Waals surface area contributed by atoms with Crippen molar-refractivity contribution in [3.8, 4) is 0 Å². The third-order valence-electron chi connectivity index (χ3n) is 3.61. The van der Waals surface area contributed by atoms with E-state index in [1.807, 2.05) is 13.8 Å². The molecule has 0 saturated carbocycles. The molecule has 3 heterocycles. The van der Waals surface area contributed by atoms with Gasteiger partial charge in [-0.25, -0.2) is 4.98 Å². The fourth-order valence-electron chi connectivity index (χ4n) is 2.46. The van der Waals surface area contributed by atoms with Crippen LogP contribution in [0, 0.1) is 12.8 Å². The van der Waals surface area contributed by atoms with E-state index in [2.05, 4.69) is 24.8 Å². The minimum atomic E-state index is -0.0345. The Bertz CT molecular complexity index is 579. The van der Waals surface area contributed by atoms with E-state index >= 15 is 0 Å². The molecule has 7 nitrogen and oxygen atoms in total. The molecular formula is C13H19N5O2S. The molecule has 1 unspecified atom stereocenters. The van der Waals surface area contributed by atoms with Gasteiger partial charge in [0.15, 0.2) is 5.82 Å². The van der Waals surface area contributed by atoms with Crippen LogP contribution in [0.3, 0.4) is 0 Å². The molecule has 1 fully saturated rings. The van der Waals surface area contributed by atoms with Crippen LogP contribution in [-0.4, -0.2) is 32.7 Å². The molecule has 1 aliphatic heterocycles. The van der Waals surface area contributed by atoms with Crippen LogP contribution in [0.15, 0.2) is 4.52 Å². The van der Waals surface area contributed by atoms with Crippen molar-refractivity contribution in [1.29, 1.82) is 0 Å². The lowest BCUT2D eigenvalue weighted by atomic mass is 9.91. The summed E-state index contributed by atoms with van der Waals surface area (Å²) in [6.07, 6.45) is 2.77. The first kappa shape index (κ1) is 14.4. The molecule has 1 atom stereocenters. The van der Waals surface area contributed by atoms with Crippen LogP contribution in [0.4, 0.5) is 5.13 Å². The normalized spacial score (nSPS) is 17.8. The van der Waals surface area contributed by atoms with Crippen molar-refractivity contribution in [2.45, 2.75) is 39.2 Å². The van der Waals surface area contributed by atoms with Crippen LogP contribution in [-0.2, 0) is 11.2 Å². The van der Waals surface area contributed by atoms with Crippen molar-refractivity contribution in [2.24, 2.45) is 5.92 Å². The van der Waals surface area contributed by atoms with E-state index in [0.29, 0.717) is 17.6 Å². The van der Waals surface area contributed by atoms with Crippen molar-refractivity contribution in [3.63, 3.8) is 0 Å². The fraction of sp³-hybridized carbons (Fsp3) is 0.692.